The minimum absolute atomic E-state index is 0.705. The van der Waals surface area contributed by atoms with Crippen LogP contribution < -0.4 is 4.74 Å². The number of rotatable bonds is 2. The summed E-state index contributed by atoms with van der Waals surface area (Å²) < 4.78 is 6.08. The number of hydrogen-bond acceptors (Lipinski definition) is 2. The Labute approximate surface area is 131 Å². The Morgan fingerprint density at radius 1 is 0.952 bits per heavy atom. The van der Waals surface area contributed by atoms with Crippen LogP contribution >= 0.6 is 11.8 Å². The van der Waals surface area contributed by atoms with Crippen LogP contribution in [0.2, 0.25) is 0 Å². The summed E-state index contributed by atoms with van der Waals surface area (Å²) in [4.78, 5) is 1.28. The van der Waals surface area contributed by atoms with Crippen molar-refractivity contribution in [3.8, 4) is 5.75 Å². The number of benzene rings is 2. The maximum absolute atomic E-state index is 6.08. The summed E-state index contributed by atoms with van der Waals surface area (Å²) in [6.45, 7) is 5.01. The summed E-state index contributed by atoms with van der Waals surface area (Å²) in [6, 6.07) is 14.8. The predicted molar refractivity (Wildman–Crippen MR) is 90.1 cm³/mol. The molecule has 0 unspecified atom stereocenters. The van der Waals surface area contributed by atoms with E-state index in [0.29, 0.717) is 6.61 Å². The first-order valence-corrected chi connectivity index (χ1v) is 8.23. The molecule has 108 valence electrons. The summed E-state index contributed by atoms with van der Waals surface area (Å²) in [5, 5.41) is 2.26. The summed E-state index contributed by atoms with van der Waals surface area (Å²) in [5.74, 6) is 1.10. The SMILES string of the molecule is Cc1ccc(C)c2c1CC/C(=C/Sc1ccccc1)CO2. The number of fused-ring (bicyclic) bond motifs is 1. The lowest BCUT2D eigenvalue weighted by molar-refractivity contribution is 0.351. The lowest BCUT2D eigenvalue weighted by atomic mass is 9.99. The minimum atomic E-state index is 0.705. The monoisotopic (exact) mass is 296 g/mol. The second kappa shape index (κ2) is 6.40. The van der Waals surface area contributed by atoms with E-state index in [1.54, 1.807) is 11.8 Å². The quantitative estimate of drug-likeness (QED) is 0.695. The molecule has 2 aromatic carbocycles. The van der Waals surface area contributed by atoms with Crippen molar-refractivity contribution in [3.05, 3.63) is 70.1 Å². The van der Waals surface area contributed by atoms with Crippen molar-refractivity contribution in [2.24, 2.45) is 0 Å². The summed E-state index contributed by atoms with van der Waals surface area (Å²) in [7, 11) is 0. The maximum atomic E-state index is 6.08. The van der Waals surface area contributed by atoms with Crippen LogP contribution in [0, 0.1) is 13.8 Å². The first-order chi connectivity index (χ1) is 10.2. The van der Waals surface area contributed by atoms with Crippen molar-refractivity contribution in [3.63, 3.8) is 0 Å². The van der Waals surface area contributed by atoms with E-state index < -0.39 is 0 Å². The van der Waals surface area contributed by atoms with E-state index in [1.807, 2.05) is 6.07 Å². The van der Waals surface area contributed by atoms with Crippen LogP contribution in [0.1, 0.15) is 23.1 Å². The van der Waals surface area contributed by atoms with Gasteiger partial charge in [-0.2, -0.15) is 0 Å². The van der Waals surface area contributed by atoms with E-state index >= 15 is 0 Å². The molecule has 0 aliphatic carbocycles. The molecule has 0 atom stereocenters. The average molecular weight is 296 g/mol. The fraction of sp³-hybridized carbons (Fsp3) is 0.263. The lowest BCUT2D eigenvalue weighted by Gasteiger charge is -2.12. The third-order valence-corrected chi connectivity index (χ3v) is 4.89. The minimum Gasteiger partial charge on any atom is -0.489 e. The maximum Gasteiger partial charge on any atom is 0.126 e. The van der Waals surface area contributed by atoms with Crippen molar-refractivity contribution in [2.45, 2.75) is 31.6 Å². The summed E-state index contributed by atoms with van der Waals surface area (Å²) in [5.41, 5.74) is 5.34. The molecule has 0 spiro atoms. The Balaban J connectivity index is 1.76. The van der Waals surface area contributed by atoms with Crippen molar-refractivity contribution in [2.75, 3.05) is 6.61 Å². The van der Waals surface area contributed by atoms with Crippen LogP contribution in [0.4, 0.5) is 0 Å². The first kappa shape index (κ1) is 14.3. The van der Waals surface area contributed by atoms with Gasteiger partial charge in [-0.3, -0.25) is 0 Å². The van der Waals surface area contributed by atoms with E-state index in [-0.39, 0.29) is 0 Å². The van der Waals surface area contributed by atoms with Crippen molar-refractivity contribution in [1.82, 2.24) is 0 Å². The average Bonchev–Trinajstić information content (AvgIpc) is 2.74. The van der Waals surface area contributed by atoms with Gasteiger partial charge in [0.25, 0.3) is 0 Å². The number of aryl methyl sites for hydroxylation is 2. The molecule has 0 bridgehead atoms. The molecule has 1 heterocycles. The second-order valence-corrected chi connectivity index (χ2v) is 6.45. The smallest absolute Gasteiger partial charge is 0.126 e. The van der Waals surface area contributed by atoms with Gasteiger partial charge in [0.05, 0.1) is 0 Å². The largest absolute Gasteiger partial charge is 0.489 e. The number of ether oxygens (including phenoxy) is 1. The van der Waals surface area contributed by atoms with E-state index in [2.05, 4.69) is 55.7 Å². The Hall–Kier alpha value is -1.67. The molecule has 21 heavy (non-hydrogen) atoms. The van der Waals surface area contributed by atoms with Crippen LogP contribution in [0.5, 0.6) is 5.75 Å². The van der Waals surface area contributed by atoms with Crippen molar-refractivity contribution >= 4 is 11.8 Å². The van der Waals surface area contributed by atoms with E-state index in [9.17, 15) is 0 Å². The lowest BCUT2D eigenvalue weighted by Crippen LogP contribution is -2.00. The van der Waals surface area contributed by atoms with Crippen molar-refractivity contribution in [1.29, 1.82) is 0 Å². The third kappa shape index (κ3) is 3.33. The van der Waals surface area contributed by atoms with Gasteiger partial charge in [-0.1, -0.05) is 42.1 Å². The van der Waals surface area contributed by atoms with Crippen LogP contribution in [-0.2, 0) is 6.42 Å². The molecule has 1 aliphatic heterocycles. The summed E-state index contributed by atoms with van der Waals surface area (Å²) in [6.07, 6.45) is 2.15. The molecule has 0 amide bonds. The molecule has 0 N–H and O–H groups in total. The van der Waals surface area contributed by atoms with Crippen molar-refractivity contribution < 1.29 is 4.74 Å². The molecule has 2 heteroatoms. The number of thioether (sulfide) groups is 1. The highest BCUT2D eigenvalue weighted by Crippen LogP contribution is 2.33. The van der Waals surface area contributed by atoms with Gasteiger partial charge >= 0.3 is 0 Å². The van der Waals surface area contributed by atoms with Gasteiger partial charge in [0.1, 0.15) is 12.4 Å². The Morgan fingerprint density at radius 3 is 2.52 bits per heavy atom. The summed E-state index contributed by atoms with van der Waals surface area (Å²) >= 11 is 1.78. The predicted octanol–water partition coefficient (Wildman–Crippen LogP) is 5.30. The molecular formula is C19H20OS. The molecule has 1 nitrogen and oxygen atoms in total. The fourth-order valence-electron chi connectivity index (χ4n) is 2.62. The number of hydrogen-bond donors (Lipinski definition) is 0. The van der Waals surface area contributed by atoms with E-state index in [0.717, 1.165) is 18.6 Å². The highest BCUT2D eigenvalue weighted by atomic mass is 32.2. The first-order valence-electron chi connectivity index (χ1n) is 7.35. The zero-order valence-corrected chi connectivity index (χ0v) is 13.4. The zero-order chi connectivity index (χ0) is 14.7. The Bertz CT molecular complexity index is 624. The normalized spacial score (nSPS) is 16.2. The molecule has 0 radical (unpaired) electrons. The van der Waals surface area contributed by atoms with Gasteiger partial charge in [-0.25, -0.2) is 0 Å². The molecule has 0 fully saturated rings. The van der Waals surface area contributed by atoms with Gasteiger partial charge in [0.2, 0.25) is 0 Å². The van der Waals surface area contributed by atoms with Gasteiger partial charge < -0.3 is 4.74 Å². The van der Waals surface area contributed by atoms with Crippen LogP contribution in [-0.4, -0.2) is 6.61 Å². The zero-order valence-electron chi connectivity index (χ0n) is 12.6. The molecular weight excluding hydrogens is 276 g/mol. The standard InChI is InChI=1S/C19H20OS/c1-14-8-9-15(2)19-18(14)11-10-16(12-20-19)13-21-17-6-4-3-5-7-17/h3-9,13H,10-12H2,1-2H3/b16-13-. The van der Waals surface area contributed by atoms with Crippen LogP contribution in [0.25, 0.3) is 0 Å². The third-order valence-electron chi connectivity index (χ3n) is 3.89. The molecule has 3 rings (SSSR count). The van der Waals surface area contributed by atoms with Gasteiger partial charge in [0.15, 0.2) is 0 Å². The van der Waals surface area contributed by atoms with E-state index in [1.165, 1.54) is 27.2 Å². The van der Waals surface area contributed by atoms with Crippen LogP contribution in [0.15, 0.2) is 58.3 Å². The topological polar surface area (TPSA) is 9.23 Å². The fourth-order valence-corrected chi connectivity index (χ4v) is 3.42. The molecule has 0 aromatic heterocycles. The van der Waals surface area contributed by atoms with Gasteiger partial charge in [0, 0.05) is 4.90 Å². The highest BCUT2D eigenvalue weighted by Gasteiger charge is 2.15. The van der Waals surface area contributed by atoms with E-state index in [4.69, 9.17) is 4.74 Å². The molecule has 1 aliphatic rings. The van der Waals surface area contributed by atoms with Gasteiger partial charge in [-0.05, 0) is 66.5 Å². The van der Waals surface area contributed by atoms with Crippen LogP contribution in [0.3, 0.4) is 0 Å². The molecule has 0 saturated carbocycles. The Kier molecular flexibility index (Phi) is 4.35. The molecule has 0 saturated heterocycles. The second-order valence-electron chi connectivity index (χ2n) is 5.50. The molecule has 2 aromatic rings. The Morgan fingerprint density at radius 2 is 1.71 bits per heavy atom. The van der Waals surface area contributed by atoms with Gasteiger partial charge in [-0.15, -0.1) is 0 Å². The highest BCUT2D eigenvalue weighted by molar-refractivity contribution is 8.02.